The summed E-state index contributed by atoms with van der Waals surface area (Å²) in [6, 6.07) is 7.04. The molecule has 28 heavy (non-hydrogen) atoms. The number of benzene rings is 1. The third kappa shape index (κ3) is 3.08. The first-order chi connectivity index (χ1) is 13.7. The summed E-state index contributed by atoms with van der Waals surface area (Å²) in [6.07, 6.45) is 10.8. The molecule has 7 nitrogen and oxygen atoms in total. The molecule has 0 aliphatic carbocycles. The minimum atomic E-state index is -0.268. The molecule has 2 saturated heterocycles. The fourth-order valence-corrected chi connectivity index (χ4v) is 4.62. The van der Waals surface area contributed by atoms with E-state index in [1.54, 1.807) is 40.2 Å². The topological polar surface area (TPSA) is 68.8 Å². The second kappa shape index (κ2) is 6.85. The molecule has 1 amide bonds. The maximum Gasteiger partial charge on any atom is 0.244 e. The first-order valence-electron chi connectivity index (χ1n) is 9.63. The highest BCUT2D eigenvalue weighted by Gasteiger charge is 2.44. The highest BCUT2D eigenvalue weighted by atomic mass is 19.1. The van der Waals surface area contributed by atoms with Gasteiger partial charge in [0.05, 0.1) is 24.6 Å². The Labute approximate surface area is 161 Å². The van der Waals surface area contributed by atoms with Gasteiger partial charge in [-0.1, -0.05) is 12.1 Å². The van der Waals surface area contributed by atoms with Crippen LogP contribution in [0.1, 0.15) is 31.7 Å². The van der Waals surface area contributed by atoms with Gasteiger partial charge in [-0.05, 0) is 43.4 Å². The molecule has 2 aromatic heterocycles. The molecule has 2 bridgehead atoms. The van der Waals surface area contributed by atoms with E-state index in [9.17, 15) is 9.18 Å². The van der Waals surface area contributed by atoms with Gasteiger partial charge < -0.3 is 4.90 Å². The first kappa shape index (κ1) is 17.1. The van der Waals surface area contributed by atoms with Crippen molar-refractivity contribution in [1.29, 1.82) is 0 Å². The van der Waals surface area contributed by atoms with Gasteiger partial charge >= 0.3 is 0 Å². The lowest BCUT2D eigenvalue weighted by molar-refractivity contribution is -0.137. The van der Waals surface area contributed by atoms with Crippen LogP contribution in [0.5, 0.6) is 0 Å². The number of hydrogen-bond acceptors (Lipinski definition) is 4. The van der Waals surface area contributed by atoms with Crippen molar-refractivity contribution in [2.45, 2.75) is 50.4 Å². The Balaban J connectivity index is 1.27. The van der Waals surface area contributed by atoms with Crippen molar-refractivity contribution in [3.8, 4) is 11.1 Å². The highest BCUT2D eigenvalue weighted by molar-refractivity contribution is 5.77. The number of nitrogens with zero attached hydrogens (tertiary/aromatic N) is 6. The number of amides is 1. The molecule has 2 unspecified atom stereocenters. The summed E-state index contributed by atoms with van der Waals surface area (Å²) >= 11 is 0. The molecule has 8 heteroatoms. The molecule has 5 rings (SSSR count). The monoisotopic (exact) mass is 380 g/mol. The predicted molar refractivity (Wildman–Crippen MR) is 99.6 cm³/mol. The Kier molecular flexibility index (Phi) is 4.18. The molecule has 2 aliphatic rings. The number of hydrogen-bond donors (Lipinski definition) is 0. The van der Waals surface area contributed by atoms with E-state index in [4.69, 9.17) is 0 Å². The normalized spacial score (nSPS) is 23.9. The van der Waals surface area contributed by atoms with Crippen LogP contribution in [0.4, 0.5) is 4.39 Å². The maximum absolute atomic E-state index is 13.1. The van der Waals surface area contributed by atoms with Gasteiger partial charge in [0.2, 0.25) is 5.91 Å². The van der Waals surface area contributed by atoms with Gasteiger partial charge in [0.1, 0.15) is 12.4 Å². The average Bonchev–Trinajstić information content (AvgIpc) is 3.43. The fraction of sp³-hybridized carbons (Fsp3) is 0.400. The molecule has 1 aromatic carbocycles. The molecule has 0 N–H and O–H groups in total. The van der Waals surface area contributed by atoms with Crippen LogP contribution < -0.4 is 0 Å². The van der Waals surface area contributed by atoms with Crippen molar-refractivity contribution in [3.05, 3.63) is 54.9 Å². The van der Waals surface area contributed by atoms with E-state index < -0.39 is 0 Å². The number of halogens is 1. The molecule has 144 valence electrons. The number of aromatic nitrogens is 5. The number of rotatable bonds is 4. The smallest absolute Gasteiger partial charge is 0.244 e. The summed E-state index contributed by atoms with van der Waals surface area (Å²) in [5, 5.41) is 12.9. The van der Waals surface area contributed by atoms with Gasteiger partial charge in [0, 0.05) is 23.8 Å². The van der Waals surface area contributed by atoms with E-state index in [1.807, 2.05) is 6.20 Å². The maximum atomic E-state index is 13.1. The van der Waals surface area contributed by atoms with Crippen LogP contribution in [-0.2, 0) is 11.3 Å². The summed E-state index contributed by atoms with van der Waals surface area (Å²) in [4.78, 5) is 16.8. The second-order valence-electron chi connectivity index (χ2n) is 7.59. The summed E-state index contributed by atoms with van der Waals surface area (Å²) in [6.45, 7) is 0.221. The molecule has 4 heterocycles. The Morgan fingerprint density at radius 1 is 0.964 bits per heavy atom. The number of piperidine rings is 1. The van der Waals surface area contributed by atoms with Crippen LogP contribution in [0.2, 0.25) is 0 Å². The van der Waals surface area contributed by atoms with E-state index in [0.717, 1.165) is 36.8 Å². The standard InChI is InChI=1S/C20H21FN6O/c21-16-3-1-14(2-4-16)15-11-24-25(12-15)13-20(28)26-17-5-6-18(26)10-19(9-17)27-22-7-8-23-27/h1-4,7-8,11-12,17-19H,5-6,9-10,13H2. The van der Waals surface area contributed by atoms with Gasteiger partial charge in [0.15, 0.2) is 0 Å². The second-order valence-corrected chi connectivity index (χ2v) is 7.59. The number of carbonyl (C=O) groups is 1. The first-order valence-corrected chi connectivity index (χ1v) is 9.63. The zero-order chi connectivity index (χ0) is 19.1. The molecular weight excluding hydrogens is 359 g/mol. The fourth-order valence-electron chi connectivity index (χ4n) is 4.62. The minimum Gasteiger partial charge on any atom is -0.335 e. The predicted octanol–water partition coefficient (Wildman–Crippen LogP) is 2.68. The zero-order valence-electron chi connectivity index (χ0n) is 15.4. The molecular formula is C20H21FN6O. The van der Waals surface area contributed by atoms with E-state index in [1.165, 1.54) is 12.1 Å². The summed E-state index contributed by atoms with van der Waals surface area (Å²) in [7, 11) is 0. The van der Waals surface area contributed by atoms with Crippen LogP contribution >= 0.6 is 0 Å². The van der Waals surface area contributed by atoms with Crippen molar-refractivity contribution in [2.75, 3.05) is 0 Å². The van der Waals surface area contributed by atoms with Crippen molar-refractivity contribution in [1.82, 2.24) is 29.7 Å². The molecule has 2 aliphatic heterocycles. The van der Waals surface area contributed by atoms with Crippen molar-refractivity contribution < 1.29 is 9.18 Å². The zero-order valence-corrected chi connectivity index (χ0v) is 15.4. The molecule has 3 aromatic rings. The average molecular weight is 380 g/mol. The van der Waals surface area contributed by atoms with Gasteiger partial charge in [0.25, 0.3) is 0 Å². The van der Waals surface area contributed by atoms with Gasteiger partial charge in [-0.25, -0.2) is 4.39 Å². The number of carbonyl (C=O) groups excluding carboxylic acids is 1. The van der Waals surface area contributed by atoms with Crippen LogP contribution in [0.25, 0.3) is 11.1 Å². The van der Waals surface area contributed by atoms with Crippen molar-refractivity contribution in [2.24, 2.45) is 0 Å². The lowest BCUT2D eigenvalue weighted by atomic mass is 9.97. The van der Waals surface area contributed by atoms with Gasteiger partial charge in [-0.3, -0.25) is 9.48 Å². The van der Waals surface area contributed by atoms with Crippen LogP contribution in [0.15, 0.2) is 49.1 Å². The van der Waals surface area contributed by atoms with E-state index >= 15 is 0 Å². The Bertz CT molecular complexity index is 953. The molecule has 0 radical (unpaired) electrons. The van der Waals surface area contributed by atoms with E-state index in [-0.39, 0.29) is 36.4 Å². The van der Waals surface area contributed by atoms with E-state index in [0.29, 0.717) is 0 Å². The minimum absolute atomic E-state index is 0.105. The third-order valence-corrected chi connectivity index (χ3v) is 5.87. The van der Waals surface area contributed by atoms with Crippen molar-refractivity contribution >= 4 is 5.91 Å². The summed E-state index contributed by atoms with van der Waals surface area (Å²) in [5.41, 5.74) is 1.76. The molecule has 0 saturated carbocycles. The molecule has 0 spiro atoms. The Morgan fingerprint density at radius 2 is 1.64 bits per heavy atom. The lowest BCUT2D eigenvalue weighted by Gasteiger charge is -2.38. The quantitative estimate of drug-likeness (QED) is 0.698. The van der Waals surface area contributed by atoms with Crippen LogP contribution in [-0.4, -0.2) is 47.7 Å². The SMILES string of the molecule is O=C(Cn1cc(-c2ccc(F)cc2)cn1)N1C2CCC1CC(n1nccn1)C2. The Hall–Kier alpha value is -3.03. The summed E-state index contributed by atoms with van der Waals surface area (Å²) in [5.74, 6) is -0.163. The van der Waals surface area contributed by atoms with E-state index in [2.05, 4.69) is 20.2 Å². The van der Waals surface area contributed by atoms with Gasteiger partial charge in [-0.15, -0.1) is 0 Å². The van der Waals surface area contributed by atoms with Crippen LogP contribution in [0, 0.1) is 5.82 Å². The lowest BCUT2D eigenvalue weighted by Crippen LogP contribution is -2.48. The third-order valence-electron chi connectivity index (χ3n) is 5.87. The van der Waals surface area contributed by atoms with Gasteiger partial charge in [-0.2, -0.15) is 20.1 Å². The van der Waals surface area contributed by atoms with Crippen LogP contribution in [0.3, 0.4) is 0 Å². The summed E-state index contributed by atoms with van der Waals surface area (Å²) < 4.78 is 14.8. The van der Waals surface area contributed by atoms with Crippen molar-refractivity contribution in [3.63, 3.8) is 0 Å². The highest BCUT2D eigenvalue weighted by Crippen LogP contribution is 2.40. The number of fused-ring (bicyclic) bond motifs is 2. The Morgan fingerprint density at radius 3 is 2.32 bits per heavy atom. The largest absolute Gasteiger partial charge is 0.335 e. The molecule has 2 atom stereocenters. The molecule has 2 fully saturated rings.